The molecule has 0 spiro atoms. The number of ether oxygens (including phenoxy) is 1. The predicted molar refractivity (Wildman–Crippen MR) is 139 cm³/mol. The van der Waals surface area contributed by atoms with Gasteiger partial charge in [-0.1, -0.05) is 69.0 Å². The standard InChI is InChI=1S/C17H12F8O.C9H14O2S.C2H6/c1-10-5-7-11(8-6-10)15(16(20,21)22,17(23,24)25)26-9-12-13(18)3-2-4-14(12)19;1-3-6(2)12-7-4-8(10)9(11)5-7;1-2/h2-8H,9H2,1H3;3,7-11H,1-2,4-5H2;1-2H3/t;7?,8-,9+;. The highest BCUT2D eigenvalue weighted by atomic mass is 32.2. The lowest BCUT2D eigenvalue weighted by Crippen LogP contribution is -2.55. The summed E-state index contributed by atoms with van der Waals surface area (Å²) in [4.78, 5) is 0.904. The number of aliphatic hydroxyl groups is 2. The van der Waals surface area contributed by atoms with E-state index in [4.69, 9.17) is 0 Å². The summed E-state index contributed by atoms with van der Waals surface area (Å²) in [6, 6.07) is 5.67. The number of aryl methyl sites for hydroxylation is 1. The van der Waals surface area contributed by atoms with Gasteiger partial charge < -0.3 is 14.9 Å². The molecule has 2 N–H and O–H groups in total. The van der Waals surface area contributed by atoms with Crippen LogP contribution in [0.1, 0.15) is 43.4 Å². The summed E-state index contributed by atoms with van der Waals surface area (Å²) >= 11 is 1.58. The topological polar surface area (TPSA) is 49.7 Å². The number of alkyl halides is 6. The first-order chi connectivity index (χ1) is 18.5. The molecule has 2 aromatic rings. The van der Waals surface area contributed by atoms with Crippen LogP contribution in [-0.2, 0) is 16.9 Å². The van der Waals surface area contributed by atoms with Crippen molar-refractivity contribution in [3.63, 3.8) is 0 Å². The Morgan fingerprint density at radius 3 is 1.77 bits per heavy atom. The van der Waals surface area contributed by atoms with Gasteiger partial charge in [0, 0.05) is 16.4 Å². The number of hydrogen-bond donors (Lipinski definition) is 2. The molecule has 0 aliphatic heterocycles. The number of hydrogen-bond acceptors (Lipinski definition) is 4. The Kier molecular flexibility index (Phi) is 13.4. The molecule has 0 amide bonds. The predicted octanol–water partition coefficient (Wildman–Crippen LogP) is 8.14. The molecule has 0 bridgehead atoms. The van der Waals surface area contributed by atoms with Crippen LogP contribution in [0.3, 0.4) is 0 Å². The second kappa shape index (κ2) is 15.0. The van der Waals surface area contributed by atoms with E-state index in [-0.39, 0.29) is 0 Å². The highest BCUT2D eigenvalue weighted by molar-refractivity contribution is 8.03. The average Bonchev–Trinajstić information content (AvgIpc) is 3.18. The van der Waals surface area contributed by atoms with Crippen molar-refractivity contribution in [3.05, 3.63) is 94.9 Å². The lowest BCUT2D eigenvalue weighted by molar-refractivity contribution is -0.392. The van der Waals surface area contributed by atoms with E-state index in [2.05, 4.69) is 17.9 Å². The van der Waals surface area contributed by atoms with Crippen molar-refractivity contribution in [1.82, 2.24) is 0 Å². The monoisotopic (exact) mass is 600 g/mol. The summed E-state index contributed by atoms with van der Waals surface area (Å²) in [6.07, 6.45) is -9.97. The Bertz CT molecular complexity index is 1060. The Balaban J connectivity index is 0.000000477. The molecule has 3 nitrogen and oxygen atoms in total. The largest absolute Gasteiger partial charge is 0.430 e. The van der Waals surface area contributed by atoms with E-state index in [1.54, 1.807) is 17.8 Å². The van der Waals surface area contributed by atoms with Crippen LogP contribution in [0.25, 0.3) is 0 Å². The van der Waals surface area contributed by atoms with Gasteiger partial charge in [0.1, 0.15) is 11.6 Å². The van der Waals surface area contributed by atoms with Gasteiger partial charge in [0.15, 0.2) is 0 Å². The van der Waals surface area contributed by atoms with Crippen LogP contribution in [0.2, 0.25) is 0 Å². The van der Waals surface area contributed by atoms with Gasteiger partial charge in [0.05, 0.1) is 18.8 Å². The van der Waals surface area contributed by atoms with Gasteiger partial charge in [0.25, 0.3) is 5.60 Å². The van der Waals surface area contributed by atoms with Crippen molar-refractivity contribution in [3.8, 4) is 0 Å². The van der Waals surface area contributed by atoms with Gasteiger partial charge in [0.2, 0.25) is 0 Å². The fourth-order valence-corrected chi connectivity index (χ4v) is 4.79. The van der Waals surface area contributed by atoms with Crippen molar-refractivity contribution in [2.24, 2.45) is 0 Å². The van der Waals surface area contributed by atoms with Crippen molar-refractivity contribution >= 4 is 11.8 Å². The van der Waals surface area contributed by atoms with Crippen LogP contribution in [0.4, 0.5) is 35.1 Å². The molecular weight excluding hydrogens is 568 g/mol. The number of allylic oxidation sites excluding steroid dienone is 1. The zero-order valence-electron chi connectivity index (χ0n) is 22.1. The van der Waals surface area contributed by atoms with E-state index in [9.17, 15) is 45.3 Å². The van der Waals surface area contributed by atoms with Gasteiger partial charge >= 0.3 is 12.4 Å². The van der Waals surface area contributed by atoms with Gasteiger partial charge in [-0.15, -0.1) is 11.8 Å². The molecule has 1 unspecified atom stereocenters. The van der Waals surface area contributed by atoms with Crippen LogP contribution in [0.15, 0.2) is 66.6 Å². The third-order valence-electron chi connectivity index (χ3n) is 5.75. The number of rotatable bonds is 7. The first-order valence-electron chi connectivity index (χ1n) is 12.1. The molecule has 0 aromatic heterocycles. The number of aliphatic hydroxyl groups excluding tert-OH is 2. The highest BCUT2D eigenvalue weighted by Gasteiger charge is 2.73. The van der Waals surface area contributed by atoms with E-state index < -0.39 is 59.5 Å². The smallest absolute Gasteiger partial charge is 0.390 e. The summed E-state index contributed by atoms with van der Waals surface area (Å²) in [5, 5.41) is 18.8. The molecule has 0 radical (unpaired) electrons. The second-order valence-electron chi connectivity index (χ2n) is 8.55. The molecule has 1 aliphatic carbocycles. The van der Waals surface area contributed by atoms with E-state index in [0.717, 1.165) is 23.1 Å². The Morgan fingerprint density at radius 1 is 0.925 bits per heavy atom. The molecule has 40 heavy (non-hydrogen) atoms. The minimum Gasteiger partial charge on any atom is -0.390 e. The van der Waals surface area contributed by atoms with E-state index >= 15 is 0 Å². The molecule has 3 atom stereocenters. The molecule has 224 valence electrons. The van der Waals surface area contributed by atoms with E-state index in [1.165, 1.54) is 6.92 Å². The van der Waals surface area contributed by atoms with Crippen LogP contribution in [-0.4, -0.2) is 40.0 Å². The summed E-state index contributed by atoms with van der Waals surface area (Å²) in [6.45, 7) is 11.3. The molecule has 0 saturated heterocycles. The summed E-state index contributed by atoms with van der Waals surface area (Å²) in [5.41, 5.74) is -6.58. The maximum Gasteiger partial charge on any atom is 0.430 e. The first kappa shape index (κ1) is 35.6. The van der Waals surface area contributed by atoms with Crippen molar-refractivity contribution in [1.29, 1.82) is 0 Å². The van der Waals surface area contributed by atoms with Crippen molar-refractivity contribution in [2.75, 3.05) is 0 Å². The third kappa shape index (κ3) is 8.79. The van der Waals surface area contributed by atoms with Gasteiger partial charge in [-0.3, -0.25) is 0 Å². The number of thioether (sulfide) groups is 1. The van der Waals surface area contributed by atoms with Gasteiger partial charge in [-0.2, -0.15) is 26.3 Å². The average molecular weight is 601 g/mol. The SMILES string of the molecule is C=CC(=C)SC1C[C@@H](O)[C@@H](O)C1.CC.Cc1ccc(C(OCc2c(F)cccc2F)(C(F)(F)F)C(F)(F)F)cc1. The molecular formula is C28H32F8O3S. The van der Waals surface area contributed by atoms with Crippen molar-refractivity contribution in [2.45, 2.75) is 75.6 Å². The molecule has 2 aromatic carbocycles. The zero-order valence-corrected chi connectivity index (χ0v) is 22.9. The Morgan fingerprint density at radius 2 is 1.38 bits per heavy atom. The van der Waals surface area contributed by atoms with Crippen LogP contribution in [0.5, 0.6) is 0 Å². The van der Waals surface area contributed by atoms with Crippen molar-refractivity contribution < 1.29 is 50.1 Å². The van der Waals surface area contributed by atoms with Gasteiger partial charge in [-0.05, 0) is 36.8 Å². The van der Waals surface area contributed by atoms with Crippen LogP contribution in [0, 0.1) is 18.6 Å². The third-order valence-corrected chi connectivity index (χ3v) is 6.94. The van der Waals surface area contributed by atoms with Crippen LogP contribution >= 0.6 is 11.8 Å². The van der Waals surface area contributed by atoms with Gasteiger partial charge in [-0.25, -0.2) is 8.78 Å². The normalized spacial score (nSPS) is 19.2. The first-order valence-corrected chi connectivity index (χ1v) is 13.0. The summed E-state index contributed by atoms with van der Waals surface area (Å²) < 4.78 is 113. The minimum absolute atomic E-state index is 0.292. The fourth-order valence-electron chi connectivity index (χ4n) is 3.68. The maximum atomic E-state index is 13.6. The molecule has 1 fully saturated rings. The lowest BCUT2D eigenvalue weighted by atomic mass is 9.91. The molecule has 1 saturated carbocycles. The lowest BCUT2D eigenvalue weighted by Gasteiger charge is -2.37. The number of halogens is 8. The van der Waals surface area contributed by atoms with Crippen LogP contribution < -0.4 is 0 Å². The molecule has 1 aliphatic rings. The van der Waals surface area contributed by atoms with E-state index in [1.807, 2.05) is 13.8 Å². The zero-order chi connectivity index (χ0) is 30.9. The quantitative estimate of drug-likeness (QED) is 0.249. The molecule has 3 rings (SSSR count). The summed E-state index contributed by atoms with van der Waals surface area (Å²) in [5.74, 6) is -2.63. The Labute approximate surface area is 232 Å². The second-order valence-corrected chi connectivity index (χ2v) is 9.97. The highest BCUT2D eigenvalue weighted by Crippen LogP contribution is 2.53. The number of benzene rings is 2. The Hall–Kier alpha value is -2.41. The molecule has 12 heteroatoms. The minimum atomic E-state index is -5.93. The summed E-state index contributed by atoms with van der Waals surface area (Å²) in [7, 11) is 0. The van der Waals surface area contributed by atoms with E-state index in [0.29, 0.717) is 47.9 Å². The maximum absolute atomic E-state index is 13.6. The fraction of sp³-hybridized carbons (Fsp3) is 0.429. The molecule has 0 heterocycles.